The first kappa shape index (κ1) is 21.5. The third-order valence-electron chi connectivity index (χ3n) is 4.94. The molecule has 0 radical (unpaired) electrons. The van der Waals surface area contributed by atoms with Gasteiger partial charge in [-0.2, -0.15) is 0 Å². The molecule has 148 valence electrons. The number of anilines is 1. The first-order valence-electron chi connectivity index (χ1n) is 8.90. The molecule has 1 aliphatic carbocycles. The summed E-state index contributed by atoms with van der Waals surface area (Å²) in [4.78, 5) is 29.8. The van der Waals surface area contributed by atoms with E-state index in [-0.39, 0.29) is 30.3 Å². The zero-order chi connectivity index (χ0) is 18.5. The third kappa shape index (κ3) is 5.57. The Morgan fingerprint density at radius 1 is 1.30 bits per heavy atom. The van der Waals surface area contributed by atoms with Crippen LogP contribution in [-0.4, -0.2) is 46.0 Å². The molecule has 1 saturated carbocycles. The minimum Gasteiger partial charge on any atom is -0.364 e. The fourth-order valence-corrected chi connectivity index (χ4v) is 3.79. The van der Waals surface area contributed by atoms with Gasteiger partial charge < -0.3 is 10.2 Å². The molecular weight excluding hydrogens is 391 g/mol. The van der Waals surface area contributed by atoms with E-state index in [1.807, 2.05) is 4.90 Å². The van der Waals surface area contributed by atoms with Crippen LogP contribution in [-0.2, 0) is 9.59 Å². The molecule has 0 unspecified atom stereocenters. The van der Waals surface area contributed by atoms with Crippen LogP contribution in [0.5, 0.6) is 0 Å². The first-order valence-corrected chi connectivity index (χ1v) is 9.27. The monoisotopic (exact) mass is 414 g/mol. The lowest BCUT2D eigenvalue weighted by atomic mass is 10.1. The summed E-state index contributed by atoms with van der Waals surface area (Å²) in [5, 5.41) is 12.2. The van der Waals surface area contributed by atoms with Crippen molar-refractivity contribution in [1.29, 1.82) is 0 Å². The number of carbonyl (C=O) groups is 2. The number of carbonyl (C=O) groups excluding carboxylic acids is 2. The fourth-order valence-electron chi connectivity index (χ4n) is 3.56. The van der Waals surface area contributed by atoms with E-state index in [1.54, 1.807) is 12.3 Å². The number of rotatable bonds is 5. The summed E-state index contributed by atoms with van der Waals surface area (Å²) in [6.45, 7) is 1.44. The molecule has 0 aromatic carbocycles. The van der Waals surface area contributed by atoms with Crippen LogP contribution in [0.15, 0.2) is 18.3 Å². The van der Waals surface area contributed by atoms with Crippen molar-refractivity contribution in [3.8, 4) is 0 Å². The quantitative estimate of drug-likeness (QED) is 0.391. The molecule has 2 amide bonds. The first-order chi connectivity index (χ1) is 12.6. The lowest BCUT2D eigenvalue weighted by Crippen LogP contribution is -2.35. The van der Waals surface area contributed by atoms with Gasteiger partial charge in [-0.25, -0.2) is 10.5 Å². The van der Waals surface area contributed by atoms with E-state index < -0.39 is 5.91 Å². The van der Waals surface area contributed by atoms with E-state index in [2.05, 4.69) is 10.3 Å². The lowest BCUT2D eigenvalue weighted by Gasteiger charge is -2.21. The normalized spacial score (nSPS) is 19.9. The highest BCUT2D eigenvalue weighted by Crippen LogP contribution is 2.29. The van der Waals surface area contributed by atoms with Gasteiger partial charge in [-0.15, -0.1) is 12.4 Å². The number of hydrogen-bond donors (Lipinski definition) is 3. The number of nitrogens with one attached hydrogen (secondary N) is 2. The zero-order valence-corrected chi connectivity index (χ0v) is 16.4. The van der Waals surface area contributed by atoms with E-state index in [0.29, 0.717) is 22.9 Å². The van der Waals surface area contributed by atoms with Crippen LogP contribution in [0.1, 0.15) is 37.7 Å². The van der Waals surface area contributed by atoms with Crippen molar-refractivity contribution in [1.82, 2.24) is 15.4 Å². The molecule has 3 N–H and O–H groups in total. The van der Waals surface area contributed by atoms with Gasteiger partial charge in [-0.05, 0) is 37.0 Å². The fraction of sp³-hybridized carbons (Fsp3) is 0.500. The number of hydroxylamine groups is 1. The minimum atomic E-state index is -0.624. The van der Waals surface area contributed by atoms with E-state index in [1.165, 1.54) is 17.6 Å². The SMILES string of the molecule is Cl.O=C(C=Cc1cnc(N[C@@H]2CCN(C(=O)C3CCCC3)C2)c(Cl)c1)NO. The molecule has 2 fully saturated rings. The van der Waals surface area contributed by atoms with Gasteiger partial charge in [0.1, 0.15) is 5.82 Å². The Kier molecular flexibility index (Phi) is 7.89. The van der Waals surface area contributed by atoms with Crippen molar-refractivity contribution in [2.75, 3.05) is 18.4 Å². The number of hydrogen-bond acceptors (Lipinski definition) is 5. The van der Waals surface area contributed by atoms with Crippen LogP contribution in [0, 0.1) is 5.92 Å². The molecule has 0 bridgehead atoms. The Hall–Kier alpha value is -1.83. The molecule has 9 heteroatoms. The Bertz CT molecular complexity index is 708. The number of aromatic nitrogens is 1. The molecule has 1 aromatic rings. The number of pyridine rings is 1. The van der Waals surface area contributed by atoms with E-state index >= 15 is 0 Å². The van der Waals surface area contributed by atoms with Crippen molar-refractivity contribution < 1.29 is 14.8 Å². The molecule has 1 aliphatic heterocycles. The zero-order valence-electron chi connectivity index (χ0n) is 14.9. The lowest BCUT2D eigenvalue weighted by molar-refractivity contribution is -0.134. The molecule has 1 saturated heterocycles. The Balaban J connectivity index is 0.00000261. The van der Waals surface area contributed by atoms with Gasteiger partial charge >= 0.3 is 0 Å². The van der Waals surface area contributed by atoms with Crippen molar-refractivity contribution in [3.05, 3.63) is 28.9 Å². The number of likely N-dealkylation sites (tertiary alicyclic amines) is 1. The predicted molar refractivity (Wildman–Crippen MR) is 106 cm³/mol. The molecule has 2 heterocycles. The third-order valence-corrected chi connectivity index (χ3v) is 5.23. The van der Waals surface area contributed by atoms with Gasteiger partial charge in [0.2, 0.25) is 5.91 Å². The average Bonchev–Trinajstić information content (AvgIpc) is 3.33. The van der Waals surface area contributed by atoms with Crippen molar-refractivity contribution in [2.45, 2.75) is 38.1 Å². The molecule has 2 aliphatic rings. The predicted octanol–water partition coefficient (Wildman–Crippen LogP) is 2.88. The van der Waals surface area contributed by atoms with Gasteiger partial charge in [0.15, 0.2) is 0 Å². The summed E-state index contributed by atoms with van der Waals surface area (Å²) in [6.07, 6.45) is 9.50. The highest BCUT2D eigenvalue weighted by molar-refractivity contribution is 6.33. The van der Waals surface area contributed by atoms with Crippen LogP contribution < -0.4 is 10.8 Å². The molecule has 3 rings (SSSR count). The summed E-state index contributed by atoms with van der Waals surface area (Å²) in [6, 6.07) is 1.82. The molecular formula is C18H24Cl2N4O3. The molecule has 0 spiro atoms. The summed E-state index contributed by atoms with van der Waals surface area (Å²) < 4.78 is 0. The van der Waals surface area contributed by atoms with Crippen LogP contribution >= 0.6 is 24.0 Å². The van der Waals surface area contributed by atoms with Crippen LogP contribution in [0.4, 0.5) is 5.82 Å². The standard InChI is InChI=1S/C18H23ClN4O3.ClH/c19-15-9-12(5-6-16(24)22-26)10-20-17(15)21-14-7-8-23(11-14)18(25)13-3-1-2-4-13;/h5-6,9-10,13-14,26H,1-4,7-8,11H2,(H,20,21)(H,22,24);1H/t14-;/m1./s1. The molecule has 7 nitrogen and oxygen atoms in total. The second kappa shape index (κ2) is 9.92. The van der Waals surface area contributed by atoms with E-state index in [4.69, 9.17) is 16.8 Å². The van der Waals surface area contributed by atoms with Crippen LogP contribution in [0.2, 0.25) is 5.02 Å². The summed E-state index contributed by atoms with van der Waals surface area (Å²) in [7, 11) is 0. The van der Waals surface area contributed by atoms with Crippen molar-refractivity contribution in [3.63, 3.8) is 0 Å². The number of halogens is 2. The maximum Gasteiger partial charge on any atom is 0.267 e. The Labute approximate surface area is 169 Å². The number of amides is 2. The van der Waals surface area contributed by atoms with Crippen molar-refractivity contribution in [2.24, 2.45) is 5.92 Å². The molecule has 1 atom stereocenters. The van der Waals surface area contributed by atoms with E-state index in [0.717, 1.165) is 38.6 Å². The Morgan fingerprint density at radius 3 is 2.70 bits per heavy atom. The minimum absolute atomic E-state index is 0. The summed E-state index contributed by atoms with van der Waals surface area (Å²) in [5.41, 5.74) is 2.17. The largest absolute Gasteiger partial charge is 0.364 e. The van der Waals surface area contributed by atoms with Gasteiger partial charge in [0.25, 0.3) is 5.91 Å². The second-order valence-corrected chi connectivity index (χ2v) is 7.21. The van der Waals surface area contributed by atoms with Crippen molar-refractivity contribution >= 4 is 47.7 Å². The summed E-state index contributed by atoms with van der Waals surface area (Å²) >= 11 is 6.27. The van der Waals surface area contributed by atoms with Gasteiger partial charge in [0.05, 0.1) is 5.02 Å². The average molecular weight is 415 g/mol. The smallest absolute Gasteiger partial charge is 0.267 e. The van der Waals surface area contributed by atoms with Crippen LogP contribution in [0.3, 0.4) is 0 Å². The van der Waals surface area contributed by atoms with Crippen LogP contribution in [0.25, 0.3) is 6.08 Å². The Morgan fingerprint density at radius 2 is 2.04 bits per heavy atom. The van der Waals surface area contributed by atoms with Gasteiger partial charge in [-0.3, -0.25) is 14.8 Å². The maximum atomic E-state index is 12.5. The van der Waals surface area contributed by atoms with E-state index in [9.17, 15) is 9.59 Å². The molecule has 1 aromatic heterocycles. The second-order valence-electron chi connectivity index (χ2n) is 6.80. The highest BCUT2D eigenvalue weighted by atomic mass is 35.5. The molecule has 27 heavy (non-hydrogen) atoms. The topological polar surface area (TPSA) is 94.6 Å². The number of nitrogens with zero attached hydrogens (tertiary/aromatic N) is 2. The van der Waals surface area contributed by atoms with Gasteiger partial charge in [0, 0.05) is 37.3 Å². The highest BCUT2D eigenvalue weighted by Gasteiger charge is 2.32. The van der Waals surface area contributed by atoms with Gasteiger partial charge in [-0.1, -0.05) is 24.4 Å². The maximum absolute atomic E-state index is 12.5. The summed E-state index contributed by atoms with van der Waals surface area (Å²) in [5.74, 6) is 0.433.